The van der Waals surface area contributed by atoms with Crippen LogP contribution in [0.2, 0.25) is 0 Å². The Morgan fingerprint density at radius 2 is 1.81 bits per heavy atom. The molecule has 1 aromatic rings. The highest BCUT2D eigenvalue weighted by molar-refractivity contribution is 5.52. The van der Waals surface area contributed by atoms with Crippen molar-refractivity contribution in [3.05, 3.63) is 35.4 Å². The standard InChI is InChI=1S/C11H12F3NO/c1-3-15-16-8(2)9-4-6-10(7-5-9)11(12,13)14/h3-8H,1-2H3/b15-3+. The molecule has 0 heterocycles. The minimum atomic E-state index is -4.30. The average molecular weight is 231 g/mol. The molecule has 0 aliphatic rings. The predicted molar refractivity (Wildman–Crippen MR) is 55.1 cm³/mol. The summed E-state index contributed by atoms with van der Waals surface area (Å²) in [6.45, 7) is 3.41. The van der Waals surface area contributed by atoms with Crippen molar-refractivity contribution < 1.29 is 18.0 Å². The van der Waals surface area contributed by atoms with Gasteiger partial charge >= 0.3 is 6.18 Å². The summed E-state index contributed by atoms with van der Waals surface area (Å²) in [7, 11) is 0. The Hall–Kier alpha value is -1.52. The summed E-state index contributed by atoms with van der Waals surface area (Å²) < 4.78 is 36.8. The van der Waals surface area contributed by atoms with Gasteiger partial charge in [0, 0.05) is 6.21 Å². The molecule has 0 N–H and O–H groups in total. The van der Waals surface area contributed by atoms with Crippen molar-refractivity contribution in [1.82, 2.24) is 0 Å². The van der Waals surface area contributed by atoms with Gasteiger partial charge in [-0.15, -0.1) is 0 Å². The van der Waals surface area contributed by atoms with Gasteiger partial charge in [0.15, 0.2) is 0 Å². The predicted octanol–water partition coefficient (Wildman–Crippen LogP) is 3.79. The molecule has 0 bridgehead atoms. The third-order valence-electron chi connectivity index (χ3n) is 2.03. The highest BCUT2D eigenvalue weighted by atomic mass is 19.4. The van der Waals surface area contributed by atoms with Crippen LogP contribution in [0.15, 0.2) is 29.4 Å². The Balaban J connectivity index is 2.78. The molecule has 0 radical (unpaired) electrons. The lowest BCUT2D eigenvalue weighted by Crippen LogP contribution is -2.05. The molecular weight excluding hydrogens is 219 g/mol. The Kier molecular flexibility index (Phi) is 3.93. The number of hydrogen-bond donors (Lipinski definition) is 0. The molecule has 0 spiro atoms. The van der Waals surface area contributed by atoms with Crippen LogP contribution in [0, 0.1) is 0 Å². The summed E-state index contributed by atoms with van der Waals surface area (Å²) in [5.41, 5.74) is -0.0129. The number of rotatable bonds is 3. The molecule has 0 saturated heterocycles. The summed E-state index contributed by atoms with van der Waals surface area (Å²) in [4.78, 5) is 4.99. The van der Waals surface area contributed by atoms with E-state index < -0.39 is 11.7 Å². The molecule has 0 aliphatic carbocycles. The van der Waals surface area contributed by atoms with Crippen molar-refractivity contribution in [3.63, 3.8) is 0 Å². The van der Waals surface area contributed by atoms with Crippen molar-refractivity contribution in [2.24, 2.45) is 5.16 Å². The molecule has 1 rings (SSSR count). The molecular formula is C11H12F3NO. The minimum Gasteiger partial charge on any atom is -0.388 e. The molecule has 0 aliphatic heterocycles. The van der Waals surface area contributed by atoms with Crippen molar-refractivity contribution in [3.8, 4) is 0 Å². The van der Waals surface area contributed by atoms with Crippen molar-refractivity contribution >= 4 is 6.21 Å². The molecule has 0 aromatic heterocycles. The fourth-order valence-corrected chi connectivity index (χ4v) is 1.16. The second kappa shape index (κ2) is 5.01. The van der Waals surface area contributed by atoms with Gasteiger partial charge in [0.1, 0.15) is 6.10 Å². The van der Waals surface area contributed by atoms with E-state index in [1.165, 1.54) is 18.3 Å². The quantitative estimate of drug-likeness (QED) is 0.573. The third kappa shape index (κ3) is 3.25. The van der Waals surface area contributed by atoms with E-state index in [1.54, 1.807) is 13.8 Å². The van der Waals surface area contributed by atoms with Crippen LogP contribution in [0.3, 0.4) is 0 Å². The van der Waals surface area contributed by atoms with Gasteiger partial charge in [-0.2, -0.15) is 13.2 Å². The summed E-state index contributed by atoms with van der Waals surface area (Å²) in [5, 5.41) is 3.57. The van der Waals surface area contributed by atoms with Gasteiger partial charge in [-0.3, -0.25) is 0 Å². The van der Waals surface area contributed by atoms with Gasteiger partial charge in [0.2, 0.25) is 0 Å². The maximum absolute atomic E-state index is 12.3. The summed E-state index contributed by atoms with van der Waals surface area (Å²) in [6.07, 6.45) is -3.19. The van der Waals surface area contributed by atoms with Crippen LogP contribution in [-0.2, 0) is 11.0 Å². The second-order valence-corrected chi connectivity index (χ2v) is 3.23. The van der Waals surface area contributed by atoms with Gasteiger partial charge in [0.05, 0.1) is 5.56 Å². The molecule has 0 fully saturated rings. The van der Waals surface area contributed by atoms with Crippen LogP contribution in [0.5, 0.6) is 0 Å². The SMILES string of the molecule is C/C=N/OC(C)c1ccc(C(F)(F)F)cc1. The molecule has 2 nitrogen and oxygen atoms in total. The Labute approximate surface area is 91.7 Å². The van der Waals surface area contributed by atoms with Crippen LogP contribution in [0.25, 0.3) is 0 Å². The van der Waals surface area contributed by atoms with E-state index in [-0.39, 0.29) is 6.10 Å². The normalized spacial score (nSPS) is 14.1. The van der Waals surface area contributed by atoms with Gasteiger partial charge in [-0.05, 0) is 31.5 Å². The summed E-state index contributed by atoms with van der Waals surface area (Å²) >= 11 is 0. The lowest BCUT2D eigenvalue weighted by atomic mass is 10.1. The molecule has 0 saturated carbocycles. The van der Waals surface area contributed by atoms with Crippen LogP contribution >= 0.6 is 0 Å². The number of nitrogens with zero attached hydrogens (tertiary/aromatic N) is 1. The van der Waals surface area contributed by atoms with Crippen LogP contribution in [0.1, 0.15) is 31.1 Å². The molecule has 0 amide bonds. The first-order valence-corrected chi connectivity index (χ1v) is 4.76. The fraction of sp³-hybridized carbons (Fsp3) is 0.364. The zero-order chi connectivity index (χ0) is 12.2. The highest BCUT2D eigenvalue weighted by Gasteiger charge is 2.30. The summed E-state index contributed by atoms with van der Waals surface area (Å²) in [5.74, 6) is 0. The fourth-order valence-electron chi connectivity index (χ4n) is 1.16. The number of benzene rings is 1. The minimum absolute atomic E-state index is 0.363. The van der Waals surface area contributed by atoms with E-state index in [1.807, 2.05) is 0 Å². The van der Waals surface area contributed by atoms with Gasteiger partial charge < -0.3 is 4.84 Å². The van der Waals surface area contributed by atoms with Gasteiger partial charge in [-0.1, -0.05) is 17.3 Å². The first-order chi connectivity index (χ1) is 7.45. The molecule has 16 heavy (non-hydrogen) atoms. The van der Waals surface area contributed by atoms with Crippen molar-refractivity contribution in [1.29, 1.82) is 0 Å². The van der Waals surface area contributed by atoms with Crippen molar-refractivity contribution in [2.75, 3.05) is 0 Å². The number of halogens is 3. The summed E-state index contributed by atoms with van der Waals surface area (Å²) in [6, 6.07) is 4.84. The van der Waals surface area contributed by atoms with E-state index in [4.69, 9.17) is 4.84 Å². The zero-order valence-corrected chi connectivity index (χ0v) is 8.95. The monoisotopic (exact) mass is 231 g/mol. The molecule has 1 unspecified atom stereocenters. The van der Waals surface area contributed by atoms with E-state index in [0.29, 0.717) is 5.56 Å². The smallest absolute Gasteiger partial charge is 0.388 e. The third-order valence-corrected chi connectivity index (χ3v) is 2.03. The van der Waals surface area contributed by atoms with Crippen molar-refractivity contribution in [2.45, 2.75) is 26.1 Å². The second-order valence-electron chi connectivity index (χ2n) is 3.23. The van der Waals surface area contributed by atoms with Gasteiger partial charge in [0.25, 0.3) is 0 Å². The molecule has 1 atom stereocenters. The van der Waals surface area contributed by atoms with E-state index in [0.717, 1.165) is 12.1 Å². The Bertz CT molecular complexity index is 356. The largest absolute Gasteiger partial charge is 0.416 e. The van der Waals surface area contributed by atoms with E-state index in [9.17, 15) is 13.2 Å². The lowest BCUT2D eigenvalue weighted by molar-refractivity contribution is -0.137. The zero-order valence-electron chi connectivity index (χ0n) is 8.95. The Morgan fingerprint density at radius 3 is 2.25 bits per heavy atom. The maximum Gasteiger partial charge on any atom is 0.416 e. The lowest BCUT2D eigenvalue weighted by Gasteiger charge is -2.11. The molecule has 1 aromatic carbocycles. The number of hydrogen-bond acceptors (Lipinski definition) is 2. The number of oxime groups is 1. The Morgan fingerprint density at radius 1 is 1.25 bits per heavy atom. The molecule has 5 heteroatoms. The molecule has 88 valence electrons. The van der Waals surface area contributed by atoms with Crippen LogP contribution in [-0.4, -0.2) is 6.21 Å². The first-order valence-electron chi connectivity index (χ1n) is 4.76. The van der Waals surface area contributed by atoms with E-state index >= 15 is 0 Å². The van der Waals surface area contributed by atoms with E-state index in [2.05, 4.69) is 5.16 Å². The van der Waals surface area contributed by atoms with Gasteiger partial charge in [-0.25, -0.2) is 0 Å². The average Bonchev–Trinajstić information content (AvgIpc) is 2.25. The topological polar surface area (TPSA) is 21.6 Å². The highest BCUT2D eigenvalue weighted by Crippen LogP contribution is 2.30. The van der Waals surface area contributed by atoms with Crippen LogP contribution in [0.4, 0.5) is 13.2 Å². The number of alkyl halides is 3. The first kappa shape index (κ1) is 12.5. The maximum atomic E-state index is 12.3. The van der Waals surface area contributed by atoms with Crippen LogP contribution < -0.4 is 0 Å².